The highest BCUT2D eigenvalue weighted by molar-refractivity contribution is 14.1. The fourth-order valence-corrected chi connectivity index (χ4v) is 2.79. The van der Waals surface area contributed by atoms with Gasteiger partial charge in [-0.3, -0.25) is 10.2 Å². The lowest BCUT2D eigenvalue weighted by atomic mass is 10.0. The summed E-state index contributed by atoms with van der Waals surface area (Å²) < 4.78 is 0.310. The molecule has 1 fully saturated rings. The highest BCUT2D eigenvalue weighted by Crippen LogP contribution is 2.23. The van der Waals surface area contributed by atoms with Crippen LogP contribution in [0, 0.1) is 5.41 Å². The zero-order valence-electron chi connectivity index (χ0n) is 11.2. The van der Waals surface area contributed by atoms with Crippen molar-refractivity contribution >= 4 is 43.9 Å². The quantitative estimate of drug-likeness (QED) is 0.534. The van der Waals surface area contributed by atoms with Gasteiger partial charge >= 0.3 is 0 Å². The first-order chi connectivity index (χ1) is 9.49. The van der Waals surface area contributed by atoms with E-state index in [1.165, 1.54) is 6.33 Å². The molecule has 0 spiro atoms. The molecule has 108 valence electrons. The van der Waals surface area contributed by atoms with E-state index in [9.17, 15) is 4.79 Å². The number of likely N-dealkylation sites (tertiary alicyclic amines) is 1. The molecule has 0 aliphatic carbocycles. The maximum atomic E-state index is 11.3. The Bertz CT molecular complexity index is 527. The number of aromatic nitrogens is 2. The van der Waals surface area contributed by atoms with Crippen molar-refractivity contribution in [2.24, 2.45) is 0 Å². The van der Waals surface area contributed by atoms with Crippen LogP contribution in [0.15, 0.2) is 6.33 Å². The fraction of sp³-hybridized carbons (Fsp3) is 0.500. The lowest BCUT2D eigenvalue weighted by Crippen LogP contribution is -2.41. The van der Waals surface area contributed by atoms with Crippen LogP contribution in [0.25, 0.3) is 0 Å². The molecule has 0 radical (unpaired) electrons. The molecule has 1 aliphatic rings. The molecular weight excluding hydrogens is 371 g/mol. The van der Waals surface area contributed by atoms with Gasteiger partial charge in [0.15, 0.2) is 0 Å². The predicted octanol–water partition coefficient (Wildman–Crippen LogP) is 1.24. The van der Waals surface area contributed by atoms with E-state index in [4.69, 9.17) is 11.1 Å². The Morgan fingerprint density at radius 3 is 2.70 bits per heavy atom. The molecule has 1 aromatic rings. The van der Waals surface area contributed by atoms with Gasteiger partial charge in [0.25, 0.3) is 0 Å². The number of piperidine rings is 1. The largest absolute Gasteiger partial charge is 0.383 e. The minimum absolute atomic E-state index is 0.115. The molecule has 0 saturated carbocycles. The second-order valence-corrected chi connectivity index (χ2v) is 5.80. The molecule has 0 aromatic carbocycles. The van der Waals surface area contributed by atoms with Gasteiger partial charge in [0.05, 0.1) is 5.56 Å². The number of nitrogens with zero attached hydrogens (tertiary/aromatic N) is 3. The topological polar surface area (TPSA) is 108 Å². The average Bonchev–Trinajstić information content (AvgIpc) is 2.39. The number of carbonyl (C=O) groups is 1. The Morgan fingerprint density at radius 2 is 2.15 bits per heavy atom. The molecule has 0 bridgehead atoms. The van der Waals surface area contributed by atoms with Crippen LogP contribution in [-0.2, 0) is 4.79 Å². The number of rotatable bonds is 3. The van der Waals surface area contributed by atoms with Crippen LogP contribution in [0.1, 0.15) is 25.3 Å². The van der Waals surface area contributed by atoms with Gasteiger partial charge in [-0.2, -0.15) is 0 Å². The number of nitrogen functional groups attached to an aromatic ring is 1. The Hall–Kier alpha value is -1.45. The number of amides is 1. The first-order valence-electron chi connectivity index (χ1n) is 6.36. The number of nitrogens with one attached hydrogen (secondary N) is 2. The molecule has 2 heterocycles. The molecule has 1 aromatic heterocycles. The van der Waals surface area contributed by atoms with Crippen LogP contribution in [-0.4, -0.2) is 43.6 Å². The van der Waals surface area contributed by atoms with E-state index in [2.05, 4.69) is 15.3 Å². The van der Waals surface area contributed by atoms with Crippen molar-refractivity contribution in [1.29, 1.82) is 5.41 Å². The molecule has 1 amide bonds. The molecule has 1 aliphatic heterocycles. The average molecular weight is 388 g/mol. The summed E-state index contributed by atoms with van der Waals surface area (Å²) >= 11 is 1.90. The number of hydrogen-bond acceptors (Lipinski definition) is 6. The fourth-order valence-electron chi connectivity index (χ4n) is 2.26. The molecule has 7 nitrogen and oxygen atoms in total. The van der Waals surface area contributed by atoms with E-state index in [1.54, 1.807) is 6.92 Å². The summed E-state index contributed by atoms with van der Waals surface area (Å²) in [4.78, 5) is 21.2. The molecule has 20 heavy (non-hydrogen) atoms. The maximum absolute atomic E-state index is 11.3. The van der Waals surface area contributed by atoms with E-state index in [0.29, 0.717) is 20.9 Å². The molecule has 2 rings (SSSR count). The number of nitrogens with two attached hydrogens (primary N) is 1. The van der Waals surface area contributed by atoms with Gasteiger partial charge in [-0.05, 0) is 35.4 Å². The third-order valence-electron chi connectivity index (χ3n) is 3.38. The van der Waals surface area contributed by atoms with E-state index in [1.807, 2.05) is 27.5 Å². The highest BCUT2D eigenvalue weighted by Gasteiger charge is 2.22. The summed E-state index contributed by atoms with van der Waals surface area (Å²) in [6.07, 6.45) is 3.11. The molecule has 1 saturated heterocycles. The SMILES string of the molecule is CC(=O)N1CCC(Nc2ncnc(N)c2C(=N)I)CC1. The third kappa shape index (κ3) is 3.35. The Morgan fingerprint density at radius 1 is 1.50 bits per heavy atom. The van der Waals surface area contributed by atoms with Crippen molar-refractivity contribution in [2.45, 2.75) is 25.8 Å². The van der Waals surface area contributed by atoms with Crippen LogP contribution < -0.4 is 11.1 Å². The van der Waals surface area contributed by atoms with Gasteiger partial charge in [-0.1, -0.05) is 0 Å². The summed E-state index contributed by atoms with van der Waals surface area (Å²) in [6, 6.07) is 0.231. The van der Waals surface area contributed by atoms with Crippen molar-refractivity contribution in [2.75, 3.05) is 24.1 Å². The molecule has 0 atom stereocenters. The van der Waals surface area contributed by atoms with Gasteiger partial charge in [0.2, 0.25) is 5.91 Å². The van der Waals surface area contributed by atoms with Gasteiger partial charge in [0.1, 0.15) is 21.7 Å². The molecule has 0 unspecified atom stereocenters. The monoisotopic (exact) mass is 388 g/mol. The molecule has 4 N–H and O–H groups in total. The van der Waals surface area contributed by atoms with Crippen molar-refractivity contribution in [3.63, 3.8) is 0 Å². The minimum atomic E-state index is 0.115. The normalized spacial score (nSPS) is 16.0. The second kappa shape index (κ2) is 6.33. The van der Waals surface area contributed by atoms with Crippen LogP contribution in [0.3, 0.4) is 0 Å². The van der Waals surface area contributed by atoms with Gasteiger partial charge in [-0.25, -0.2) is 9.97 Å². The van der Waals surface area contributed by atoms with Crippen molar-refractivity contribution < 1.29 is 4.79 Å². The van der Waals surface area contributed by atoms with E-state index >= 15 is 0 Å². The van der Waals surface area contributed by atoms with E-state index in [-0.39, 0.29) is 11.9 Å². The van der Waals surface area contributed by atoms with Crippen LogP contribution in [0.5, 0.6) is 0 Å². The molecule has 8 heteroatoms. The first-order valence-corrected chi connectivity index (χ1v) is 7.44. The van der Waals surface area contributed by atoms with Crippen molar-refractivity contribution in [1.82, 2.24) is 14.9 Å². The number of carbonyl (C=O) groups excluding carboxylic acids is 1. The summed E-state index contributed by atoms with van der Waals surface area (Å²) in [5.41, 5.74) is 6.34. The Balaban J connectivity index is 2.07. The summed E-state index contributed by atoms with van der Waals surface area (Å²) in [7, 11) is 0. The van der Waals surface area contributed by atoms with Crippen LogP contribution in [0.2, 0.25) is 0 Å². The number of anilines is 2. The standard InChI is InChI=1S/C12H17IN6O/c1-7(20)19-4-2-8(3-5-19)18-12-9(10(13)14)11(15)16-6-17-12/h6,8,14H,2-5H2,1H3,(H3,15,16,17,18). The summed E-state index contributed by atoms with van der Waals surface area (Å²) in [5, 5.41) is 11.1. The van der Waals surface area contributed by atoms with Gasteiger partial charge < -0.3 is 16.0 Å². The van der Waals surface area contributed by atoms with Gasteiger partial charge in [0, 0.05) is 26.1 Å². The highest BCUT2D eigenvalue weighted by atomic mass is 127. The second-order valence-electron chi connectivity index (χ2n) is 4.72. The van der Waals surface area contributed by atoms with Crippen LogP contribution >= 0.6 is 22.6 Å². The van der Waals surface area contributed by atoms with Crippen molar-refractivity contribution in [3.05, 3.63) is 11.9 Å². The number of hydrogen-bond donors (Lipinski definition) is 3. The zero-order valence-corrected chi connectivity index (χ0v) is 13.3. The summed E-state index contributed by atoms with van der Waals surface area (Å²) in [6.45, 7) is 3.07. The minimum Gasteiger partial charge on any atom is -0.383 e. The molecular formula is C12H17IN6O. The number of halogens is 1. The summed E-state index contributed by atoms with van der Waals surface area (Å²) in [5.74, 6) is 1.02. The first kappa shape index (κ1) is 14.9. The predicted molar refractivity (Wildman–Crippen MR) is 86.2 cm³/mol. The lowest BCUT2D eigenvalue weighted by Gasteiger charge is -2.32. The van der Waals surface area contributed by atoms with E-state index < -0.39 is 0 Å². The Labute approximate surface area is 131 Å². The van der Waals surface area contributed by atoms with Crippen molar-refractivity contribution in [3.8, 4) is 0 Å². The Kier molecular flexibility index (Phi) is 4.73. The maximum Gasteiger partial charge on any atom is 0.219 e. The van der Waals surface area contributed by atoms with Crippen LogP contribution in [0.4, 0.5) is 11.6 Å². The zero-order chi connectivity index (χ0) is 14.7. The van der Waals surface area contributed by atoms with E-state index in [0.717, 1.165) is 25.9 Å². The third-order valence-corrected chi connectivity index (χ3v) is 3.92. The lowest BCUT2D eigenvalue weighted by molar-refractivity contribution is -0.129. The smallest absolute Gasteiger partial charge is 0.219 e. The van der Waals surface area contributed by atoms with Gasteiger partial charge in [-0.15, -0.1) is 0 Å².